The van der Waals surface area contributed by atoms with Crippen LogP contribution in [-0.4, -0.2) is 83.4 Å². The van der Waals surface area contributed by atoms with Gasteiger partial charge < -0.3 is 43.6 Å². The second-order valence-electron chi connectivity index (χ2n) is 8.50. The minimum absolute atomic E-state index is 0.210. The number of hydrogen-bond acceptors (Lipinski definition) is 8. The van der Waals surface area contributed by atoms with E-state index < -0.39 is 60.2 Å². The lowest BCUT2D eigenvalue weighted by Gasteiger charge is -2.29. The van der Waals surface area contributed by atoms with Gasteiger partial charge in [0.05, 0.1) is 12.5 Å². The minimum atomic E-state index is -1.28. The van der Waals surface area contributed by atoms with Gasteiger partial charge in [-0.3, -0.25) is 19.2 Å². The van der Waals surface area contributed by atoms with E-state index >= 15 is 0 Å². The van der Waals surface area contributed by atoms with Gasteiger partial charge in [0.15, 0.2) is 0 Å². The van der Waals surface area contributed by atoms with Crippen molar-refractivity contribution in [2.45, 2.75) is 82.0 Å². The van der Waals surface area contributed by atoms with Crippen LogP contribution in [0.15, 0.2) is 0 Å². The van der Waals surface area contributed by atoms with E-state index in [-0.39, 0.29) is 13.0 Å². The molecule has 34 heavy (non-hydrogen) atoms. The van der Waals surface area contributed by atoms with Crippen molar-refractivity contribution >= 4 is 29.6 Å². The third-order valence-corrected chi connectivity index (χ3v) is 5.73. The molecule has 4 atom stereocenters. The maximum absolute atomic E-state index is 13.2. The van der Waals surface area contributed by atoms with Crippen LogP contribution in [0.3, 0.4) is 0 Å². The van der Waals surface area contributed by atoms with Crippen LogP contribution < -0.4 is 33.6 Å². The fraction of sp³-hybridized carbons (Fsp3) is 0.762. The van der Waals surface area contributed by atoms with Crippen LogP contribution in [-0.2, 0) is 24.0 Å². The van der Waals surface area contributed by atoms with Gasteiger partial charge in [-0.05, 0) is 58.0 Å². The molecule has 0 radical (unpaired) electrons. The molecule has 1 aliphatic heterocycles. The van der Waals surface area contributed by atoms with Crippen molar-refractivity contribution in [3.63, 3.8) is 0 Å². The normalized spacial score (nSPS) is 18.1. The summed E-state index contributed by atoms with van der Waals surface area (Å²) in [6, 6.07) is -4.20. The van der Waals surface area contributed by atoms with E-state index in [0.717, 1.165) is 0 Å². The first-order chi connectivity index (χ1) is 16.1. The van der Waals surface area contributed by atoms with Crippen molar-refractivity contribution in [1.29, 1.82) is 0 Å². The number of nitrogens with one attached hydrogen (secondary N) is 2. The summed E-state index contributed by atoms with van der Waals surface area (Å²) in [6.45, 7) is 1.09. The fourth-order valence-corrected chi connectivity index (χ4v) is 3.84. The van der Waals surface area contributed by atoms with Gasteiger partial charge in [-0.25, -0.2) is 4.79 Å². The van der Waals surface area contributed by atoms with Gasteiger partial charge in [0.1, 0.15) is 18.1 Å². The summed E-state index contributed by atoms with van der Waals surface area (Å²) >= 11 is 0. The molecule has 11 N–H and O–H groups in total. The van der Waals surface area contributed by atoms with Crippen LogP contribution in [0, 0.1) is 0 Å². The Morgan fingerprint density at radius 2 is 1.56 bits per heavy atom. The summed E-state index contributed by atoms with van der Waals surface area (Å²) in [5.41, 5.74) is 22.0. The molecule has 0 saturated carbocycles. The molecule has 1 heterocycles. The summed E-state index contributed by atoms with van der Waals surface area (Å²) in [5, 5.41) is 14.4. The van der Waals surface area contributed by atoms with Crippen LogP contribution in [0.2, 0.25) is 0 Å². The minimum Gasteiger partial charge on any atom is -0.480 e. The van der Waals surface area contributed by atoms with E-state index in [1.54, 1.807) is 0 Å². The molecule has 13 nitrogen and oxygen atoms in total. The van der Waals surface area contributed by atoms with Crippen molar-refractivity contribution in [2.24, 2.45) is 22.9 Å². The Bertz CT molecular complexity index is 720. The number of carbonyl (C=O) groups is 5. The van der Waals surface area contributed by atoms with Crippen LogP contribution in [0.25, 0.3) is 0 Å². The number of primary amides is 1. The monoisotopic (exact) mass is 485 g/mol. The molecule has 4 amide bonds. The van der Waals surface area contributed by atoms with Crippen molar-refractivity contribution in [3.8, 4) is 0 Å². The summed E-state index contributed by atoms with van der Waals surface area (Å²) in [6.07, 6.45) is 3.41. The first-order valence-electron chi connectivity index (χ1n) is 11.7. The standard InChI is InChI=1S/C21H39N7O6/c22-9-3-1-6-13(24)18(30)27-15(12-17(25)29)20(32)28-11-5-8-16(28)19(31)26-14(21(33)34)7-2-4-10-23/h13-16H,1-12,22-24H2,(H2,25,29)(H,26,31)(H,27,30)(H,33,34). The van der Waals surface area contributed by atoms with E-state index in [1.807, 2.05) is 0 Å². The molecule has 0 spiro atoms. The summed E-state index contributed by atoms with van der Waals surface area (Å²) in [7, 11) is 0. The Balaban J connectivity index is 2.87. The number of nitrogens with two attached hydrogens (primary N) is 4. The molecule has 1 aliphatic rings. The number of carbonyl (C=O) groups excluding carboxylic acids is 4. The summed E-state index contributed by atoms with van der Waals surface area (Å²) in [4.78, 5) is 62.8. The fourth-order valence-electron chi connectivity index (χ4n) is 3.84. The first kappa shape index (κ1) is 29.3. The molecule has 1 rings (SSSR count). The summed E-state index contributed by atoms with van der Waals surface area (Å²) < 4.78 is 0. The molecular weight excluding hydrogens is 446 g/mol. The number of hydrogen-bond donors (Lipinski definition) is 7. The predicted molar refractivity (Wildman–Crippen MR) is 124 cm³/mol. The Kier molecular flexibility index (Phi) is 13.1. The number of unbranched alkanes of at least 4 members (excludes halogenated alkanes) is 2. The van der Waals surface area contributed by atoms with Crippen LogP contribution in [0.4, 0.5) is 0 Å². The van der Waals surface area contributed by atoms with Crippen LogP contribution >= 0.6 is 0 Å². The zero-order chi connectivity index (χ0) is 25.7. The number of carboxylic acids is 1. The topological polar surface area (TPSA) is 237 Å². The van der Waals surface area contributed by atoms with Crippen molar-refractivity contribution in [3.05, 3.63) is 0 Å². The van der Waals surface area contributed by atoms with Gasteiger partial charge in [0.25, 0.3) is 0 Å². The lowest BCUT2D eigenvalue weighted by molar-refractivity contribution is -0.145. The largest absolute Gasteiger partial charge is 0.480 e. The molecule has 13 heteroatoms. The zero-order valence-electron chi connectivity index (χ0n) is 19.5. The second-order valence-corrected chi connectivity index (χ2v) is 8.50. The van der Waals surface area contributed by atoms with E-state index in [0.29, 0.717) is 58.0 Å². The van der Waals surface area contributed by atoms with Crippen LogP contribution in [0.1, 0.15) is 57.8 Å². The van der Waals surface area contributed by atoms with E-state index in [1.165, 1.54) is 4.90 Å². The number of likely N-dealkylation sites (tertiary alicyclic amines) is 1. The number of carboxylic acid groups (broad SMARTS) is 1. The molecule has 1 saturated heterocycles. The van der Waals surface area contributed by atoms with Gasteiger partial charge >= 0.3 is 5.97 Å². The molecule has 1 fully saturated rings. The van der Waals surface area contributed by atoms with Crippen molar-refractivity contribution in [2.75, 3.05) is 19.6 Å². The Morgan fingerprint density at radius 3 is 2.12 bits per heavy atom. The number of aliphatic carboxylic acids is 1. The van der Waals surface area contributed by atoms with Crippen molar-refractivity contribution in [1.82, 2.24) is 15.5 Å². The smallest absolute Gasteiger partial charge is 0.326 e. The van der Waals surface area contributed by atoms with Crippen molar-refractivity contribution < 1.29 is 29.1 Å². The highest BCUT2D eigenvalue weighted by Crippen LogP contribution is 2.20. The van der Waals surface area contributed by atoms with Gasteiger partial charge in [-0.2, -0.15) is 0 Å². The first-order valence-corrected chi connectivity index (χ1v) is 11.7. The van der Waals surface area contributed by atoms with E-state index in [9.17, 15) is 29.1 Å². The van der Waals surface area contributed by atoms with Gasteiger partial charge in [0, 0.05) is 6.54 Å². The molecule has 0 aromatic heterocycles. The van der Waals surface area contributed by atoms with E-state index in [2.05, 4.69) is 10.6 Å². The van der Waals surface area contributed by atoms with Gasteiger partial charge in [-0.15, -0.1) is 0 Å². The molecule has 0 aliphatic carbocycles. The highest BCUT2D eigenvalue weighted by Gasteiger charge is 2.39. The Morgan fingerprint density at radius 1 is 0.941 bits per heavy atom. The van der Waals surface area contributed by atoms with Gasteiger partial charge in [-0.1, -0.05) is 6.42 Å². The highest BCUT2D eigenvalue weighted by atomic mass is 16.4. The third kappa shape index (κ3) is 9.61. The molecular formula is C21H39N7O6. The SMILES string of the molecule is NCCCCC(N)C(=O)NC(CC(N)=O)C(=O)N1CCCC1C(=O)NC(CCCCN)C(=O)O. The lowest BCUT2D eigenvalue weighted by Crippen LogP contribution is -2.57. The Labute approximate surface area is 199 Å². The zero-order valence-corrected chi connectivity index (χ0v) is 19.5. The van der Waals surface area contributed by atoms with Gasteiger partial charge in [0.2, 0.25) is 23.6 Å². The molecule has 0 aromatic carbocycles. The molecule has 0 aromatic rings. The predicted octanol–water partition coefficient (Wildman–Crippen LogP) is -2.51. The highest BCUT2D eigenvalue weighted by molar-refractivity contribution is 5.96. The van der Waals surface area contributed by atoms with E-state index in [4.69, 9.17) is 22.9 Å². The number of rotatable bonds is 16. The average Bonchev–Trinajstić information content (AvgIpc) is 3.27. The third-order valence-electron chi connectivity index (χ3n) is 5.73. The quantitative estimate of drug-likeness (QED) is 0.114. The number of nitrogens with zero attached hydrogens (tertiary/aromatic N) is 1. The summed E-state index contributed by atoms with van der Waals surface area (Å²) in [5.74, 6) is -3.84. The Hall–Kier alpha value is -2.77. The number of amides is 4. The second kappa shape index (κ2) is 15.2. The average molecular weight is 486 g/mol. The maximum atomic E-state index is 13.2. The maximum Gasteiger partial charge on any atom is 0.326 e. The van der Waals surface area contributed by atoms with Crippen LogP contribution in [0.5, 0.6) is 0 Å². The molecule has 194 valence electrons. The lowest BCUT2D eigenvalue weighted by atomic mass is 10.1. The molecule has 0 bridgehead atoms. The molecule has 4 unspecified atom stereocenters.